The first-order chi connectivity index (χ1) is 13.5. The minimum atomic E-state index is -2.21. The van der Waals surface area contributed by atoms with Crippen molar-refractivity contribution in [3.63, 3.8) is 0 Å². The minimum absolute atomic E-state index is 0.0203. The zero-order valence-corrected chi connectivity index (χ0v) is 15.9. The Hall–Kier alpha value is -3.22. The molecule has 0 aliphatic heterocycles. The predicted octanol–water partition coefficient (Wildman–Crippen LogP) is 2.74. The van der Waals surface area contributed by atoms with E-state index in [1.807, 2.05) is 0 Å². The summed E-state index contributed by atoms with van der Waals surface area (Å²) in [4.78, 5) is 42.3. The van der Waals surface area contributed by atoms with Crippen LogP contribution in [0.3, 0.4) is 0 Å². The molecule has 0 aliphatic carbocycles. The fraction of sp³-hybridized carbons (Fsp3) is 0.333. The Morgan fingerprint density at radius 1 is 0.893 bits per heavy atom. The largest absolute Gasteiger partial charge is 0.463 e. The SMILES string of the molecule is CCOC(=O)C(CCc1ccccn1)(OC(=O)c1ccccc1)C(=O)OCC. The second kappa shape index (κ2) is 10.2. The van der Waals surface area contributed by atoms with Crippen LogP contribution in [0.2, 0.25) is 0 Å². The van der Waals surface area contributed by atoms with Crippen LogP contribution < -0.4 is 0 Å². The van der Waals surface area contributed by atoms with Crippen molar-refractivity contribution in [1.82, 2.24) is 4.98 Å². The van der Waals surface area contributed by atoms with Crippen molar-refractivity contribution in [3.05, 3.63) is 66.0 Å². The van der Waals surface area contributed by atoms with E-state index in [0.29, 0.717) is 5.69 Å². The summed E-state index contributed by atoms with van der Waals surface area (Å²) in [5.41, 5.74) is -1.37. The lowest BCUT2D eigenvalue weighted by molar-refractivity contribution is -0.184. The van der Waals surface area contributed by atoms with Gasteiger partial charge >= 0.3 is 23.5 Å². The number of benzene rings is 1. The number of carbonyl (C=O) groups is 3. The molecule has 7 nitrogen and oxygen atoms in total. The molecule has 2 aromatic rings. The first kappa shape index (κ1) is 21.1. The van der Waals surface area contributed by atoms with Gasteiger partial charge in [0, 0.05) is 18.3 Å². The molecule has 1 aromatic heterocycles. The van der Waals surface area contributed by atoms with Crippen LogP contribution in [0.4, 0.5) is 0 Å². The zero-order chi connectivity index (χ0) is 20.4. The van der Waals surface area contributed by atoms with Crippen LogP contribution in [0.5, 0.6) is 0 Å². The molecule has 0 saturated carbocycles. The highest BCUT2D eigenvalue weighted by Crippen LogP contribution is 2.25. The zero-order valence-electron chi connectivity index (χ0n) is 15.9. The molecule has 7 heteroatoms. The molecule has 0 fully saturated rings. The number of carbonyl (C=O) groups excluding carboxylic acids is 3. The molecule has 0 saturated heterocycles. The summed E-state index contributed by atoms with van der Waals surface area (Å²) < 4.78 is 15.6. The molecule has 1 aromatic carbocycles. The number of aromatic nitrogens is 1. The average Bonchev–Trinajstić information content (AvgIpc) is 2.72. The van der Waals surface area contributed by atoms with Crippen LogP contribution in [0.1, 0.15) is 36.3 Å². The van der Waals surface area contributed by atoms with Gasteiger partial charge in [0.1, 0.15) is 0 Å². The number of hydrogen-bond donors (Lipinski definition) is 0. The summed E-state index contributed by atoms with van der Waals surface area (Å²) in [6, 6.07) is 13.4. The lowest BCUT2D eigenvalue weighted by Gasteiger charge is -2.28. The summed E-state index contributed by atoms with van der Waals surface area (Å²) >= 11 is 0. The van der Waals surface area contributed by atoms with E-state index in [-0.39, 0.29) is 31.6 Å². The van der Waals surface area contributed by atoms with Crippen molar-refractivity contribution in [2.24, 2.45) is 0 Å². The van der Waals surface area contributed by atoms with Gasteiger partial charge in [-0.05, 0) is 44.5 Å². The van der Waals surface area contributed by atoms with Gasteiger partial charge in [0.15, 0.2) is 0 Å². The molecular weight excluding hydrogens is 362 g/mol. The lowest BCUT2D eigenvalue weighted by atomic mass is 9.95. The molecule has 1 heterocycles. The van der Waals surface area contributed by atoms with Gasteiger partial charge in [0.05, 0.1) is 18.8 Å². The van der Waals surface area contributed by atoms with E-state index in [1.54, 1.807) is 56.4 Å². The summed E-state index contributed by atoms with van der Waals surface area (Å²) in [6.45, 7) is 3.25. The van der Waals surface area contributed by atoms with Gasteiger partial charge < -0.3 is 14.2 Å². The maximum Gasteiger partial charge on any atom is 0.362 e. The Balaban J connectivity index is 2.37. The molecule has 0 amide bonds. The third-order valence-corrected chi connectivity index (χ3v) is 3.95. The molecule has 0 N–H and O–H groups in total. The third-order valence-electron chi connectivity index (χ3n) is 3.95. The van der Waals surface area contributed by atoms with Crippen molar-refractivity contribution >= 4 is 17.9 Å². The monoisotopic (exact) mass is 385 g/mol. The number of aryl methyl sites for hydroxylation is 1. The molecule has 0 atom stereocenters. The van der Waals surface area contributed by atoms with E-state index in [1.165, 1.54) is 12.1 Å². The Kier molecular flexibility index (Phi) is 7.68. The van der Waals surface area contributed by atoms with Gasteiger partial charge in [-0.1, -0.05) is 24.3 Å². The van der Waals surface area contributed by atoms with E-state index in [4.69, 9.17) is 14.2 Å². The van der Waals surface area contributed by atoms with Crippen LogP contribution in [0.25, 0.3) is 0 Å². The number of esters is 3. The lowest BCUT2D eigenvalue weighted by Crippen LogP contribution is -2.53. The van der Waals surface area contributed by atoms with Gasteiger partial charge in [-0.3, -0.25) is 4.98 Å². The maximum atomic E-state index is 12.7. The van der Waals surface area contributed by atoms with Crippen molar-refractivity contribution in [2.45, 2.75) is 32.3 Å². The predicted molar refractivity (Wildman–Crippen MR) is 100 cm³/mol. The summed E-state index contributed by atoms with van der Waals surface area (Å²) in [5.74, 6) is -2.75. The van der Waals surface area contributed by atoms with Crippen LogP contribution in [-0.2, 0) is 30.2 Å². The summed E-state index contributed by atoms with van der Waals surface area (Å²) in [5, 5.41) is 0. The van der Waals surface area contributed by atoms with E-state index in [2.05, 4.69) is 4.98 Å². The topological polar surface area (TPSA) is 91.8 Å². The Morgan fingerprint density at radius 3 is 2.04 bits per heavy atom. The van der Waals surface area contributed by atoms with Crippen LogP contribution in [0, 0.1) is 0 Å². The summed E-state index contributed by atoms with van der Waals surface area (Å²) in [6.07, 6.45) is 1.66. The molecule has 0 bridgehead atoms. The first-order valence-corrected chi connectivity index (χ1v) is 9.06. The van der Waals surface area contributed by atoms with Gasteiger partial charge in [-0.25, -0.2) is 14.4 Å². The van der Waals surface area contributed by atoms with Crippen molar-refractivity contribution in [3.8, 4) is 0 Å². The Labute approximate surface area is 163 Å². The van der Waals surface area contributed by atoms with Gasteiger partial charge in [-0.15, -0.1) is 0 Å². The van der Waals surface area contributed by atoms with Crippen molar-refractivity contribution < 1.29 is 28.6 Å². The maximum absolute atomic E-state index is 12.7. The number of hydrogen-bond acceptors (Lipinski definition) is 7. The van der Waals surface area contributed by atoms with Crippen molar-refractivity contribution in [1.29, 1.82) is 0 Å². The second-order valence-electron chi connectivity index (χ2n) is 5.84. The van der Waals surface area contributed by atoms with E-state index < -0.39 is 23.5 Å². The molecule has 0 aliphatic rings. The van der Waals surface area contributed by atoms with Gasteiger partial charge in [0.25, 0.3) is 0 Å². The van der Waals surface area contributed by atoms with E-state index in [9.17, 15) is 14.4 Å². The number of nitrogens with zero attached hydrogens (tertiary/aromatic N) is 1. The highest BCUT2D eigenvalue weighted by molar-refractivity contribution is 6.06. The summed E-state index contributed by atoms with van der Waals surface area (Å²) in [7, 11) is 0. The molecule has 2 rings (SSSR count). The van der Waals surface area contributed by atoms with E-state index >= 15 is 0 Å². The fourth-order valence-corrected chi connectivity index (χ4v) is 2.56. The van der Waals surface area contributed by atoms with E-state index in [0.717, 1.165) is 0 Å². The fourth-order valence-electron chi connectivity index (χ4n) is 2.56. The smallest absolute Gasteiger partial charge is 0.362 e. The molecular formula is C21H23NO6. The molecule has 28 heavy (non-hydrogen) atoms. The Bertz CT molecular complexity index is 773. The van der Waals surface area contributed by atoms with Crippen LogP contribution >= 0.6 is 0 Å². The molecule has 0 spiro atoms. The normalized spacial score (nSPS) is 10.8. The second-order valence-corrected chi connectivity index (χ2v) is 5.84. The number of pyridine rings is 1. The quantitative estimate of drug-likeness (QED) is 0.372. The number of rotatable bonds is 9. The highest BCUT2D eigenvalue weighted by atomic mass is 16.6. The van der Waals surface area contributed by atoms with Gasteiger partial charge in [0.2, 0.25) is 0 Å². The highest BCUT2D eigenvalue weighted by Gasteiger charge is 2.53. The molecule has 0 radical (unpaired) electrons. The van der Waals surface area contributed by atoms with Crippen molar-refractivity contribution in [2.75, 3.05) is 13.2 Å². The molecule has 148 valence electrons. The molecule has 0 unspecified atom stereocenters. The van der Waals surface area contributed by atoms with Gasteiger partial charge in [-0.2, -0.15) is 0 Å². The van der Waals surface area contributed by atoms with Crippen LogP contribution in [-0.4, -0.2) is 41.7 Å². The Morgan fingerprint density at radius 2 is 1.50 bits per heavy atom. The minimum Gasteiger partial charge on any atom is -0.463 e. The number of ether oxygens (including phenoxy) is 3. The first-order valence-electron chi connectivity index (χ1n) is 9.06. The van der Waals surface area contributed by atoms with Crippen LogP contribution in [0.15, 0.2) is 54.7 Å². The average molecular weight is 385 g/mol. The standard InChI is InChI=1S/C21H23NO6/c1-3-26-19(24)21(20(25)27-4-2,14-13-17-12-8-9-15-22-17)28-18(23)16-10-6-5-7-11-16/h5-12,15H,3-4,13-14H2,1-2H3. The third kappa shape index (κ3) is 5.16.